The van der Waals surface area contributed by atoms with Gasteiger partial charge in [0.2, 0.25) is 0 Å². The van der Waals surface area contributed by atoms with Gasteiger partial charge in [0, 0.05) is 0 Å². The zero-order valence-electron chi connectivity index (χ0n) is 4.29. The average Bonchev–Trinajstić information content (AvgIpc) is 1.66. The Kier molecular flexibility index (Phi) is 4.32. The molecule has 0 aromatic heterocycles. The topological polar surface area (TPSA) is 52.6 Å². The first-order valence-electron chi connectivity index (χ1n) is 1.85. The number of carbonyl (C=O) groups excluding carboxylic acids is 2. The van der Waals surface area contributed by atoms with Crippen LogP contribution in [0, 0.1) is 0 Å². The van der Waals surface area contributed by atoms with Crippen LogP contribution in [0.2, 0.25) is 0 Å². The van der Waals surface area contributed by atoms with Gasteiger partial charge in [0.15, 0.2) is 0 Å². The van der Waals surface area contributed by atoms with Gasteiger partial charge in [0.25, 0.3) is 0 Å². The third-order valence-electron chi connectivity index (χ3n) is 0.325. The van der Waals surface area contributed by atoms with Crippen molar-refractivity contribution in [3.63, 3.8) is 0 Å². The maximum atomic E-state index is 9.92. The summed E-state index contributed by atoms with van der Waals surface area (Å²) in [6.45, 7) is 1.50. The minimum atomic E-state index is -0.929. The second-order valence-electron chi connectivity index (χ2n) is 0.938. The molecule has 0 amide bonds. The number of rotatable bonds is 3. The maximum absolute atomic E-state index is 9.92. The second-order valence-corrected chi connectivity index (χ2v) is 1.64. The van der Waals surface area contributed by atoms with E-state index in [2.05, 4.69) is 7.58 Å². The standard InChI is InChI=1S/C2H4O2.CH2O2.Al/c1-2(3)4;2-1-3;/h1H3,(H,3,4);1H,(H,2,3);/q;;+3/p-2. The van der Waals surface area contributed by atoms with E-state index in [1.807, 2.05) is 0 Å². The Morgan fingerprint density at radius 3 is 2.75 bits per heavy atom. The van der Waals surface area contributed by atoms with E-state index in [1.54, 1.807) is 0 Å². The summed E-state index contributed by atoms with van der Waals surface area (Å²) in [7, 11) is 0. The Labute approximate surface area is 53.1 Å². The molecular formula is C3H4AlO4+. The van der Waals surface area contributed by atoms with Crippen molar-refractivity contribution in [3.05, 3.63) is 0 Å². The van der Waals surface area contributed by atoms with Gasteiger partial charge in [-0.15, -0.1) is 0 Å². The molecule has 0 atom stereocenters. The summed E-state index contributed by atoms with van der Waals surface area (Å²) in [5, 5.41) is 0. The molecule has 0 aliphatic carbocycles. The SMILES string of the molecule is CC(=O)[O][Al+][O]C=O. The summed E-state index contributed by atoms with van der Waals surface area (Å²) in [5.74, 6) is -0.429. The van der Waals surface area contributed by atoms with E-state index in [0.29, 0.717) is 0 Å². The first-order chi connectivity index (χ1) is 3.77. The van der Waals surface area contributed by atoms with Crippen LogP contribution in [0.25, 0.3) is 0 Å². The summed E-state index contributed by atoms with van der Waals surface area (Å²) in [4.78, 5) is 19.3. The molecule has 0 aliphatic heterocycles. The molecule has 4 nitrogen and oxygen atoms in total. The minimum absolute atomic E-state index is 0.248. The summed E-state index contributed by atoms with van der Waals surface area (Å²) in [6.07, 6.45) is 0. The van der Waals surface area contributed by atoms with Crippen LogP contribution in [0.4, 0.5) is 0 Å². The van der Waals surface area contributed by atoms with Crippen molar-refractivity contribution in [2.24, 2.45) is 0 Å². The molecule has 8 heavy (non-hydrogen) atoms. The first-order valence-corrected chi connectivity index (χ1v) is 2.79. The predicted octanol–water partition coefficient (Wildman–Crippen LogP) is -0.743. The molecule has 0 radical (unpaired) electrons. The Morgan fingerprint density at radius 2 is 2.38 bits per heavy atom. The van der Waals surface area contributed by atoms with E-state index in [4.69, 9.17) is 0 Å². The molecule has 0 saturated heterocycles. The van der Waals surface area contributed by atoms with Crippen molar-refractivity contribution in [2.45, 2.75) is 6.92 Å². The molecule has 0 N–H and O–H groups in total. The predicted molar refractivity (Wildman–Crippen MR) is 24.7 cm³/mol. The van der Waals surface area contributed by atoms with Gasteiger partial charge in [-0.05, 0) is 0 Å². The van der Waals surface area contributed by atoms with E-state index in [1.165, 1.54) is 6.92 Å². The van der Waals surface area contributed by atoms with Gasteiger partial charge in [-0.2, -0.15) is 0 Å². The Morgan fingerprint density at radius 1 is 1.75 bits per heavy atom. The average molecular weight is 131 g/mol. The molecule has 0 bridgehead atoms. The van der Waals surface area contributed by atoms with Crippen molar-refractivity contribution < 1.29 is 17.2 Å². The molecule has 0 rings (SSSR count). The van der Waals surface area contributed by atoms with Crippen molar-refractivity contribution in [2.75, 3.05) is 0 Å². The summed E-state index contributed by atoms with van der Waals surface area (Å²) < 4.78 is 8.38. The van der Waals surface area contributed by atoms with Gasteiger partial charge in [-0.3, -0.25) is 0 Å². The molecule has 0 aromatic carbocycles. The van der Waals surface area contributed by atoms with E-state index < -0.39 is 21.9 Å². The summed E-state index contributed by atoms with van der Waals surface area (Å²) in [5.41, 5.74) is 0. The Hall–Kier alpha value is -0.528. The van der Waals surface area contributed by atoms with E-state index in [0.717, 1.165) is 0 Å². The van der Waals surface area contributed by atoms with Crippen LogP contribution in [-0.2, 0) is 17.2 Å². The summed E-state index contributed by atoms with van der Waals surface area (Å²) in [6, 6.07) is 0. The van der Waals surface area contributed by atoms with Crippen molar-refractivity contribution in [3.8, 4) is 0 Å². The number of hydrogen-bond donors (Lipinski definition) is 0. The Balaban J connectivity index is 2.93. The fourth-order valence-electron chi connectivity index (χ4n) is 0.118. The van der Waals surface area contributed by atoms with E-state index in [-0.39, 0.29) is 6.47 Å². The van der Waals surface area contributed by atoms with Crippen LogP contribution in [0.5, 0.6) is 0 Å². The van der Waals surface area contributed by atoms with Crippen LogP contribution >= 0.6 is 0 Å². The fourth-order valence-corrected chi connectivity index (χ4v) is 0.355. The normalized spacial score (nSPS) is 6.62. The fraction of sp³-hybridized carbons (Fsp3) is 0.333. The monoisotopic (exact) mass is 131 g/mol. The van der Waals surface area contributed by atoms with E-state index in [9.17, 15) is 9.59 Å². The van der Waals surface area contributed by atoms with Crippen molar-refractivity contribution >= 4 is 28.3 Å². The summed E-state index contributed by atoms with van der Waals surface area (Å²) >= 11 is -0.929. The van der Waals surface area contributed by atoms with Crippen molar-refractivity contribution in [1.82, 2.24) is 0 Å². The number of carbonyl (C=O) groups is 2. The van der Waals surface area contributed by atoms with Gasteiger partial charge in [-0.1, -0.05) is 0 Å². The molecule has 42 valence electrons. The molecule has 0 aromatic rings. The zero-order valence-corrected chi connectivity index (χ0v) is 5.44. The molecule has 0 saturated carbocycles. The van der Waals surface area contributed by atoms with Crippen LogP contribution in [0.15, 0.2) is 0 Å². The Bertz CT molecular complexity index is 91.3. The van der Waals surface area contributed by atoms with Crippen LogP contribution in [0.1, 0.15) is 6.92 Å². The van der Waals surface area contributed by atoms with Gasteiger partial charge >= 0.3 is 52.4 Å². The molecule has 5 heteroatoms. The molecule has 0 spiro atoms. The molecule has 0 heterocycles. The quantitative estimate of drug-likeness (QED) is 0.287. The van der Waals surface area contributed by atoms with Crippen molar-refractivity contribution in [1.29, 1.82) is 0 Å². The zero-order chi connectivity index (χ0) is 6.41. The van der Waals surface area contributed by atoms with Crippen LogP contribution < -0.4 is 0 Å². The third-order valence-corrected chi connectivity index (χ3v) is 0.976. The van der Waals surface area contributed by atoms with Crippen LogP contribution in [0.3, 0.4) is 0 Å². The van der Waals surface area contributed by atoms with Gasteiger partial charge in [0.1, 0.15) is 0 Å². The third kappa shape index (κ3) is 5.47. The van der Waals surface area contributed by atoms with E-state index >= 15 is 0 Å². The van der Waals surface area contributed by atoms with Gasteiger partial charge in [-0.25, -0.2) is 0 Å². The molecule has 0 unspecified atom stereocenters. The molecule has 0 fully saturated rings. The van der Waals surface area contributed by atoms with Gasteiger partial charge < -0.3 is 0 Å². The molecule has 0 aliphatic rings. The first kappa shape index (κ1) is 7.47. The van der Waals surface area contributed by atoms with Gasteiger partial charge in [0.05, 0.1) is 0 Å². The second kappa shape index (κ2) is 4.63. The van der Waals surface area contributed by atoms with Crippen LogP contribution in [-0.4, -0.2) is 28.3 Å². The molecular weight excluding hydrogens is 127 g/mol. The number of hydrogen-bond acceptors (Lipinski definition) is 4.